The molecule has 1 rings (SSSR count). The van der Waals surface area contributed by atoms with Crippen molar-refractivity contribution in [3.05, 3.63) is 0 Å². The van der Waals surface area contributed by atoms with Gasteiger partial charge in [-0.15, -0.1) is 0 Å². The van der Waals surface area contributed by atoms with Crippen molar-refractivity contribution in [1.29, 1.82) is 0 Å². The van der Waals surface area contributed by atoms with Gasteiger partial charge in [-0.3, -0.25) is 4.90 Å². The Morgan fingerprint density at radius 3 is 2.44 bits per heavy atom. The van der Waals surface area contributed by atoms with Crippen molar-refractivity contribution in [2.24, 2.45) is 5.92 Å². The molecule has 1 aliphatic rings. The topological polar surface area (TPSA) is 55.8 Å². The highest BCUT2D eigenvalue weighted by molar-refractivity contribution is 5.82. The van der Waals surface area contributed by atoms with Crippen LogP contribution in [-0.4, -0.2) is 41.8 Å². The van der Waals surface area contributed by atoms with Crippen molar-refractivity contribution < 1.29 is 19.1 Å². The van der Waals surface area contributed by atoms with Crippen molar-refractivity contribution >= 4 is 12.1 Å². The Labute approximate surface area is 108 Å². The summed E-state index contributed by atoms with van der Waals surface area (Å²) in [5, 5.41) is 0. The zero-order valence-electron chi connectivity index (χ0n) is 11.9. The largest absolute Gasteiger partial charge is 0.464 e. The van der Waals surface area contributed by atoms with Gasteiger partial charge >= 0.3 is 12.1 Å². The second-order valence-corrected chi connectivity index (χ2v) is 5.64. The highest BCUT2D eigenvalue weighted by Gasteiger charge is 2.42. The molecule has 104 valence electrons. The van der Waals surface area contributed by atoms with E-state index in [1.54, 1.807) is 6.92 Å². The smallest absolute Gasteiger partial charge is 0.411 e. The second kappa shape index (κ2) is 5.59. The summed E-state index contributed by atoms with van der Waals surface area (Å²) in [4.78, 5) is 25.4. The van der Waals surface area contributed by atoms with Gasteiger partial charge in [-0.05, 0) is 40.0 Å². The monoisotopic (exact) mass is 257 g/mol. The average molecular weight is 257 g/mol. The number of carbonyl (C=O) groups is 2. The SMILES string of the molecule is CCOC(=O)[C@@H]1[C@@H](C)CCN1C(=O)OC(C)(C)C. The minimum atomic E-state index is -0.553. The quantitative estimate of drug-likeness (QED) is 0.712. The Kier molecular flexibility index (Phi) is 4.59. The van der Waals surface area contributed by atoms with Gasteiger partial charge in [-0.25, -0.2) is 9.59 Å². The van der Waals surface area contributed by atoms with Crippen molar-refractivity contribution in [3.8, 4) is 0 Å². The first kappa shape index (κ1) is 14.8. The zero-order valence-corrected chi connectivity index (χ0v) is 11.9. The summed E-state index contributed by atoms with van der Waals surface area (Å²) in [6.07, 6.45) is 0.354. The highest BCUT2D eigenvalue weighted by atomic mass is 16.6. The van der Waals surface area contributed by atoms with Gasteiger partial charge in [0.05, 0.1) is 6.61 Å². The predicted molar refractivity (Wildman–Crippen MR) is 67.1 cm³/mol. The Morgan fingerprint density at radius 1 is 1.33 bits per heavy atom. The number of nitrogens with zero attached hydrogens (tertiary/aromatic N) is 1. The third-order valence-electron chi connectivity index (χ3n) is 2.86. The zero-order chi connectivity index (χ0) is 13.9. The molecule has 1 amide bonds. The van der Waals surface area contributed by atoms with Crippen LogP contribution in [-0.2, 0) is 14.3 Å². The van der Waals surface area contributed by atoms with E-state index in [0.717, 1.165) is 6.42 Å². The Balaban J connectivity index is 2.74. The van der Waals surface area contributed by atoms with Crippen LogP contribution in [0.15, 0.2) is 0 Å². The summed E-state index contributed by atoms with van der Waals surface area (Å²) in [5.41, 5.74) is -0.553. The van der Waals surface area contributed by atoms with Gasteiger partial charge in [-0.2, -0.15) is 0 Å². The molecule has 1 fully saturated rings. The molecule has 0 aromatic carbocycles. The number of rotatable bonds is 2. The van der Waals surface area contributed by atoms with Gasteiger partial charge in [0.1, 0.15) is 11.6 Å². The summed E-state index contributed by atoms with van der Waals surface area (Å²) in [6.45, 7) is 10.0. The van der Waals surface area contributed by atoms with Crippen LogP contribution in [0.2, 0.25) is 0 Å². The summed E-state index contributed by atoms with van der Waals surface area (Å²) in [6, 6.07) is -0.514. The predicted octanol–water partition coefficient (Wildman–Crippen LogP) is 2.20. The minimum absolute atomic E-state index is 0.108. The molecule has 0 aliphatic carbocycles. The van der Waals surface area contributed by atoms with Crippen LogP contribution in [0.3, 0.4) is 0 Å². The van der Waals surface area contributed by atoms with Crippen LogP contribution >= 0.6 is 0 Å². The molecule has 0 aromatic heterocycles. The molecule has 1 heterocycles. The van der Waals surface area contributed by atoms with Gasteiger partial charge in [0.2, 0.25) is 0 Å². The lowest BCUT2D eigenvalue weighted by atomic mass is 10.0. The first-order valence-electron chi connectivity index (χ1n) is 6.42. The maximum atomic E-state index is 12.0. The number of likely N-dealkylation sites (tertiary alicyclic amines) is 1. The van der Waals surface area contributed by atoms with E-state index in [9.17, 15) is 9.59 Å². The Morgan fingerprint density at radius 2 is 1.94 bits per heavy atom. The molecule has 0 N–H and O–H groups in total. The van der Waals surface area contributed by atoms with Crippen molar-refractivity contribution in [1.82, 2.24) is 4.90 Å². The first-order chi connectivity index (χ1) is 8.26. The summed E-state index contributed by atoms with van der Waals surface area (Å²) in [7, 11) is 0. The van der Waals surface area contributed by atoms with Crippen LogP contribution in [0.4, 0.5) is 4.79 Å². The molecule has 0 radical (unpaired) electrons. The fraction of sp³-hybridized carbons (Fsp3) is 0.846. The maximum Gasteiger partial charge on any atom is 0.411 e. The summed E-state index contributed by atoms with van der Waals surface area (Å²) < 4.78 is 10.3. The van der Waals surface area contributed by atoms with E-state index < -0.39 is 17.7 Å². The molecule has 2 atom stereocenters. The summed E-state index contributed by atoms with van der Waals surface area (Å²) in [5.74, 6) is -0.232. The lowest BCUT2D eigenvalue weighted by Crippen LogP contribution is -2.45. The van der Waals surface area contributed by atoms with Crippen LogP contribution < -0.4 is 0 Å². The van der Waals surface area contributed by atoms with Crippen molar-refractivity contribution in [2.75, 3.05) is 13.2 Å². The third-order valence-corrected chi connectivity index (χ3v) is 2.86. The van der Waals surface area contributed by atoms with E-state index in [-0.39, 0.29) is 11.9 Å². The van der Waals surface area contributed by atoms with E-state index in [1.807, 2.05) is 27.7 Å². The molecule has 0 saturated carbocycles. The fourth-order valence-electron chi connectivity index (χ4n) is 2.06. The fourth-order valence-corrected chi connectivity index (χ4v) is 2.06. The number of ether oxygens (including phenoxy) is 2. The molecule has 0 bridgehead atoms. The number of amides is 1. The number of esters is 1. The van der Waals surface area contributed by atoms with E-state index in [4.69, 9.17) is 9.47 Å². The van der Waals surface area contributed by atoms with E-state index in [0.29, 0.717) is 13.2 Å². The van der Waals surface area contributed by atoms with Gasteiger partial charge < -0.3 is 9.47 Å². The Hall–Kier alpha value is -1.26. The van der Waals surface area contributed by atoms with E-state index >= 15 is 0 Å². The summed E-state index contributed by atoms with van der Waals surface area (Å²) >= 11 is 0. The molecule has 0 unspecified atom stereocenters. The second-order valence-electron chi connectivity index (χ2n) is 5.64. The maximum absolute atomic E-state index is 12.0. The molecular formula is C13H23NO4. The average Bonchev–Trinajstić information content (AvgIpc) is 2.58. The van der Waals surface area contributed by atoms with Crippen LogP contribution in [0.25, 0.3) is 0 Å². The van der Waals surface area contributed by atoms with E-state index in [2.05, 4.69) is 0 Å². The minimum Gasteiger partial charge on any atom is -0.464 e. The molecule has 1 saturated heterocycles. The van der Waals surface area contributed by atoms with Gasteiger partial charge in [0.25, 0.3) is 0 Å². The molecule has 1 aliphatic heterocycles. The molecule has 0 aromatic rings. The number of hydrogen-bond donors (Lipinski definition) is 0. The lowest BCUT2D eigenvalue weighted by molar-refractivity contribution is -0.149. The molecule has 5 nitrogen and oxygen atoms in total. The van der Waals surface area contributed by atoms with Crippen molar-refractivity contribution in [3.63, 3.8) is 0 Å². The van der Waals surface area contributed by atoms with Gasteiger partial charge in [0, 0.05) is 6.54 Å². The van der Waals surface area contributed by atoms with Crippen molar-refractivity contribution in [2.45, 2.75) is 52.7 Å². The Bertz CT molecular complexity index is 321. The highest BCUT2D eigenvalue weighted by Crippen LogP contribution is 2.26. The lowest BCUT2D eigenvalue weighted by Gasteiger charge is -2.28. The molecule has 5 heteroatoms. The van der Waals surface area contributed by atoms with Crippen LogP contribution in [0, 0.1) is 5.92 Å². The van der Waals surface area contributed by atoms with Gasteiger partial charge in [0.15, 0.2) is 0 Å². The van der Waals surface area contributed by atoms with Gasteiger partial charge in [-0.1, -0.05) is 6.92 Å². The normalized spacial score (nSPS) is 23.9. The number of hydrogen-bond acceptors (Lipinski definition) is 4. The molecular weight excluding hydrogens is 234 g/mol. The molecule has 18 heavy (non-hydrogen) atoms. The van der Waals surface area contributed by atoms with Crippen LogP contribution in [0.5, 0.6) is 0 Å². The molecule has 0 spiro atoms. The first-order valence-corrected chi connectivity index (χ1v) is 6.42. The van der Waals surface area contributed by atoms with Crippen LogP contribution in [0.1, 0.15) is 41.0 Å². The third kappa shape index (κ3) is 3.62. The number of carbonyl (C=O) groups excluding carboxylic acids is 2. The van der Waals surface area contributed by atoms with E-state index in [1.165, 1.54) is 4.90 Å². The standard InChI is InChI=1S/C13H23NO4/c1-6-17-11(15)10-9(2)7-8-14(10)12(16)18-13(3,4)5/h9-10H,6-8H2,1-5H3/t9-,10-/m0/s1.